The maximum atomic E-state index is 9.13. The number of nitriles is 1. The minimum atomic E-state index is 0.649. The summed E-state index contributed by atoms with van der Waals surface area (Å²) in [6.07, 6.45) is 0. The number of aryl methyl sites for hydroxylation is 1. The minimum Gasteiger partial charge on any atom is -0.397 e. The Kier molecular flexibility index (Phi) is 2.97. The van der Waals surface area contributed by atoms with Crippen LogP contribution in [0.25, 0.3) is 0 Å². The maximum absolute atomic E-state index is 9.13. The molecule has 0 heterocycles. The van der Waals surface area contributed by atoms with Crippen LogP contribution in [0.1, 0.15) is 11.1 Å². The molecule has 0 saturated heterocycles. The fourth-order valence-electron chi connectivity index (χ4n) is 1.68. The first-order valence-corrected chi connectivity index (χ1v) is 5.33. The first-order valence-electron chi connectivity index (χ1n) is 5.33. The van der Waals surface area contributed by atoms with E-state index in [4.69, 9.17) is 11.0 Å². The molecule has 0 unspecified atom stereocenters. The topological polar surface area (TPSA) is 61.8 Å². The lowest BCUT2D eigenvalue weighted by Gasteiger charge is -2.11. The Balaban J connectivity index is 2.41. The number of nitrogens with zero attached hydrogens (tertiary/aromatic N) is 1. The molecule has 0 radical (unpaired) electrons. The van der Waals surface area contributed by atoms with Gasteiger partial charge in [-0.2, -0.15) is 5.26 Å². The van der Waals surface area contributed by atoms with Gasteiger partial charge in [0.2, 0.25) is 0 Å². The van der Waals surface area contributed by atoms with E-state index in [-0.39, 0.29) is 0 Å². The number of para-hydroxylation sites is 2. The van der Waals surface area contributed by atoms with Crippen LogP contribution in [0.2, 0.25) is 0 Å². The number of benzene rings is 2. The van der Waals surface area contributed by atoms with Gasteiger partial charge in [-0.3, -0.25) is 0 Å². The average molecular weight is 223 g/mol. The van der Waals surface area contributed by atoms with Crippen LogP contribution in [0.5, 0.6) is 0 Å². The van der Waals surface area contributed by atoms with Crippen LogP contribution in [0.3, 0.4) is 0 Å². The zero-order chi connectivity index (χ0) is 12.3. The number of nitrogens with one attached hydrogen (secondary N) is 1. The standard InChI is InChI=1S/C14H13N3/c1-10-5-4-8-13(11(10)9-15)17-14-7-3-2-6-12(14)16/h2-8,17H,16H2,1H3. The van der Waals surface area contributed by atoms with Crippen LogP contribution in [0.4, 0.5) is 17.1 Å². The third kappa shape index (κ3) is 2.21. The fourth-order valence-corrected chi connectivity index (χ4v) is 1.68. The second kappa shape index (κ2) is 4.58. The Bertz CT molecular complexity index is 582. The number of nitrogen functional groups attached to an aromatic ring is 1. The van der Waals surface area contributed by atoms with Crippen molar-refractivity contribution in [3.8, 4) is 6.07 Å². The highest BCUT2D eigenvalue weighted by Gasteiger charge is 2.05. The van der Waals surface area contributed by atoms with Crippen LogP contribution < -0.4 is 11.1 Å². The normalized spacial score (nSPS) is 9.65. The highest BCUT2D eigenvalue weighted by atomic mass is 14.9. The Labute approximate surface area is 101 Å². The summed E-state index contributed by atoms with van der Waals surface area (Å²) in [6, 6.07) is 15.4. The van der Waals surface area contributed by atoms with Crippen LogP contribution in [0.15, 0.2) is 42.5 Å². The largest absolute Gasteiger partial charge is 0.397 e. The van der Waals surface area contributed by atoms with Gasteiger partial charge in [-0.05, 0) is 30.7 Å². The molecule has 0 saturated carbocycles. The highest BCUT2D eigenvalue weighted by Crippen LogP contribution is 2.26. The van der Waals surface area contributed by atoms with Gasteiger partial charge < -0.3 is 11.1 Å². The van der Waals surface area contributed by atoms with Gasteiger partial charge in [0.15, 0.2) is 0 Å². The smallest absolute Gasteiger partial charge is 0.102 e. The quantitative estimate of drug-likeness (QED) is 0.768. The number of hydrogen-bond acceptors (Lipinski definition) is 3. The Morgan fingerprint density at radius 1 is 1.06 bits per heavy atom. The Morgan fingerprint density at radius 3 is 2.47 bits per heavy atom. The molecule has 2 aromatic rings. The molecule has 2 rings (SSSR count). The first-order chi connectivity index (χ1) is 8.22. The molecule has 2 aromatic carbocycles. The predicted molar refractivity (Wildman–Crippen MR) is 70.0 cm³/mol. The number of hydrogen-bond donors (Lipinski definition) is 2. The summed E-state index contributed by atoms with van der Waals surface area (Å²) >= 11 is 0. The third-order valence-corrected chi connectivity index (χ3v) is 2.61. The summed E-state index contributed by atoms with van der Waals surface area (Å²) in [5.74, 6) is 0. The van der Waals surface area contributed by atoms with Gasteiger partial charge in [0.05, 0.1) is 22.6 Å². The second-order valence-electron chi connectivity index (χ2n) is 3.82. The van der Waals surface area contributed by atoms with Gasteiger partial charge in [-0.1, -0.05) is 24.3 Å². The molecule has 0 amide bonds. The summed E-state index contributed by atoms with van der Waals surface area (Å²) in [7, 11) is 0. The molecule has 3 nitrogen and oxygen atoms in total. The van der Waals surface area contributed by atoms with Crippen molar-refractivity contribution in [3.63, 3.8) is 0 Å². The lowest BCUT2D eigenvalue weighted by molar-refractivity contribution is 1.38. The zero-order valence-corrected chi connectivity index (χ0v) is 9.57. The third-order valence-electron chi connectivity index (χ3n) is 2.61. The summed E-state index contributed by atoms with van der Waals surface area (Å²) in [4.78, 5) is 0. The molecule has 0 aliphatic rings. The van der Waals surface area contributed by atoms with Crippen molar-refractivity contribution in [1.29, 1.82) is 5.26 Å². The van der Waals surface area contributed by atoms with Crippen molar-refractivity contribution in [3.05, 3.63) is 53.6 Å². The molecular weight excluding hydrogens is 210 g/mol. The minimum absolute atomic E-state index is 0.649. The molecule has 0 aromatic heterocycles. The average Bonchev–Trinajstić information content (AvgIpc) is 2.32. The lowest BCUT2D eigenvalue weighted by atomic mass is 10.1. The summed E-state index contributed by atoms with van der Waals surface area (Å²) in [5.41, 5.74) is 9.71. The van der Waals surface area contributed by atoms with Crippen LogP contribution in [-0.2, 0) is 0 Å². The van der Waals surface area contributed by atoms with Crippen LogP contribution in [-0.4, -0.2) is 0 Å². The zero-order valence-electron chi connectivity index (χ0n) is 9.57. The summed E-state index contributed by atoms with van der Waals surface area (Å²) < 4.78 is 0. The molecule has 0 bridgehead atoms. The lowest BCUT2D eigenvalue weighted by Crippen LogP contribution is -1.98. The van der Waals surface area contributed by atoms with E-state index >= 15 is 0 Å². The van der Waals surface area contributed by atoms with E-state index in [1.165, 1.54) is 0 Å². The monoisotopic (exact) mass is 223 g/mol. The number of anilines is 3. The molecular formula is C14H13N3. The van der Waals surface area contributed by atoms with Gasteiger partial charge in [0.1, 0.15) is 6.07 Å². The second-order valence-corrected chi connectivity index (χ2v) is 3.82. The van der Waals surface area contributed by atoms with Crippen molar-refractivity contribution in [2.75, 3.05) is 11.1 Å². The summed E-state index contributed by atoms with van der Waals surface area (Å²) in [5, 5.41) is 12.3. The molecule has 84 valence electrons. The molecule has 0 aliphatic heterocycles. The fraction of sp³-hybridized carbons (Fsp3) is 0.0714. The Hall–Kier alpha value is -2.47. The van der Waals surface area contributed by atoms with Crippen molar-refractivity contribution in [2.45, 2.75) is 6.92 Å². The summed E-state index contributed by atoms with van der Waals surface area (Å²) in [6.45, 7) is 1.91. The molecule has 0 atom stereocenters. The molecule has 17 heavy (non-hydrogen) atoms. The van der Waals surface area contributed by atoms with E-state index in [0.29, 0.717) is 11.3 Å². The van der Waals surface area contributed by atoms with Crippen LogP contribution in [0, 0.1) is 18.3 Å². The number of nitrogens with two attached hydrogens (primary N) is 1. The van der Waals surface area contributed by atoms with Crippen molar-refractivity contribution >= 4 is 17.1 Å². The molecule has 3 N–H and O–H groups in total. The van der Waals surface area contributed by atoms with E-state index in [1.54, 1.807) is 0 Å². The van der Waals surface area contributed by atoms with Gasteiger partial charge in [-0.25, -0.2) is 0 Å². The van der Waals surface area contributed by atoms with Crippen molar-refractivity contribution in [2.24, 2.45) is 0 Å². The molecule has 0 aliphatic carbocycles. The van der Waals surface area contributed by atoms with Crippen LogP contribution >= 0.6 is 0 Å². The Morgan fingerprint density at radius 2 is 1.76 bits per heavy atom. The van der Waals surface area contributed by atoms with Gasteiger partial charge in [-0.15, -0.1) is 0 Å². The first kappa shape index (κ1) is 11.0. The van der Waals surface area contributed by atoms with Gasteiger partial charge in [0, 0.05) is 0 Å². The van der Waals surface area contributed by atoms with Gasteiger partial charge in [0.25, 0.3) is 0 Å². The predicted octanol–water partition coefficient (Wildman–Crippen LogP) is 3.19. The highest BCUT2D eigenvalue weighted by molar-refractivity contribution is 5.75. The van der Waals surface area contributed by atoms with Gasteiger partial charge >= 0.3 is 0 Å². The maximum Gasteiger partial charge on any atom is 0.102 e. The molecule has 0 fully saturated rings. The van der Waals surface area contributed by atoms with Crippen molar-refractivity contribution < 1.29 is 0 Å². The van der Waals surface area contributed by atoms with E-state index in [9.17, 15) is 0 Å². The number of rotatable bonds is 2. The van der Waals surface area contributed by atoms with E-state index in [2.05, 4.69) is 11.4 Å². The van der Waals surface area contributed by atoms with E-state index in [0.717, 1.165) is 16.9 Å². The molecule has 3 heteroatoms. The van der Waals surface area contributed by atoms with E-state index < -0.39 is 0 Å². The van der Waals surface area contributed by atoms with E-state index in [1.807, 2.05) is 49.4 Å². The molecule has 0 spiro atoms. The van der Waals surface area contributed by atoms with Crippen molar-refractivity contribution in [1.82, 2.24) is 0 Å². The SMILES string of the molecule is Cc1cccc(Nc2ccccc2N)c1C#N.